The van der Waals surface area contributed by atoms with E-state index in [2.05, 4.69) is 21.1 Å². The van der Waals surface area contributed by atoms with Gasteiger partial charge in [0.15, 0.2) is 0 Å². The zero-order valence-electron chi connectivity index (χ0n) is 14.9. The quantitative estimate of drug-likeness (QED) is 0.832. The fourth-order valence-electron chi connectivity index (χ4n) is 3.21. The molecule has 2 aromatic rings. The predicted octanol–water partition coefficient (Wildman–Crippen LogP) is 1.66. The van der Waals surface area contributed by atoms with Crippen LogP contribution in [0.5, 0.6) is 0 Å². The normalized spacial score (nSPS) is 15.0. The highest BCUT2D eigenvalue weighted by molar-refractivity contribution is 5.92. The molecule has 1 aliphatic rings. The van der Waals surface area contributed by atoms with Crippen LogP contribution in [0.15, 0.2) is 18.3 Å². The van der Waals surface area contributed by atoms with Gasteiger partial charge in [-0.1, -0.05) is 0 Å². The monoisotopic (exact) mass is 338 g/mol. The molecule has 0 unspecified atom stereocenters. The minimum Gasteiger partial charge on any atom is -0.354 e. The Bertz CT molecular complexity index is 835. The van der Waals surface area contributed by atoms with Gasteiger partial charge in [0.05, 0.1) is 5.56 Å². The molecule has 0 saturated carbocycles. The lowest BCUT2D eigenvalue weighted by Crippen LogP contribution is -2.36. The molecule has 7 heteroatoms. The third-order valence-corrected chi connectivity index (χ3v) is 4.45. The minimum absolute atomic E-state index is 0.0451. The van der Waals surface area contributed by atoms with E-state index in [1.54, 1.807) is 24.0 Å². The van der Waals surface area contributed by atoms with Crippen molar-refractivity contribution in [1.29, 1.82) is 5.26 Å². The van der Waals surface area contributed by atoms with Crippen molar-refractivity contribution < 1.29 is 4.79 Å². The summed E-state index contributed by atoms with van der Waals surface area (Å²) in [6.07, 6.45) is 2.61. The van der Waals surface area contributed by atoms with E-state index in [1.165, 1.54) is 0 Å². The Labute approximate surface area is 147 Å². The Morgan fingerprint density at radius 3 is 2.72 bits per heavy atom. The first kappa shape index (κ1) is 17.0. The van der Waals surface area contributed by atoms with Gasteiger partial charge in [-0.25, -0.2) is 4.98 Å². The molecule has 0 atom stereocenters. The summed E-state index contributed by atoms with van der Waals surface area (Å²) < 4.78 is 1.63. The molecule has 0 spiro atoms. The molecule has 1 fully saturated rings. The third kappa shape index (κ3) is 3.48. The minimum atomic E-state index is -0.0451. The van der Waals surface area contributed by atoms with Gasteiger partial charge in [0.25, 0.3) is 5.91 Å². The molecule has 130 valence electrons. The summed E-state index contributed by atoms with van der Waals surface area (Å²) in [6.45, 7) is 6.57. The van der Waals surface area contributed by atoms with Crippen molar-refractivity contribution >= 4 is 11.7 Å². The third-order valence-electron chi connectivity index (χ3n) is 4.45. The maximum absolute atomic E-state index is 12.6. The van der Waals surface area contributed by atoms with E-state index in [4.69, 9.17) is 0 Å². The lowest BCUT2D eigenvalue weighted by atomic mass is 10.1. The molecule has 1 saturated heterocycles. The Hall–Kier alpha value is -2.88. The lowest BCUT2D eigenvalue weighted by Gasteiger charge is -2.24. The number of hydrogen-bond acceptors (Lipinski definition) is 5. The molecule has 7 nitrogen and oxygen atoms in total. The molecule has 0 bridgehead atoms. The average molecular weight is 338 g/mol. The van der Waals surface area contributed by atoms with Crippen LogP contribution in [0.2, 0.25) is 0 Å². The second-order valence-corrected chi connectivity index (χ2v) is 6.40. The summed E-state index contributed by atoms with van der Waals surface area (Å²) in [6, 6.07) is 5.94. The number of nitriles is 1. The molecular formula is C18H22N6O. The summed E-state index contributed by atoms with van der Waals surface area (Å²) in [4.78, 5) is 21.1. The molecule has 0 N–H and O–H groups in total. The summed E-state index contributed by atoms with van der Waals surface area (Å²) in [5.74, 6) is 0.684. The van der Waals surface area contributed by atoms with Crippen molar-refractivity contribution in [3.63, 3.8) is 0 Å². The first-order chi connectivity index (χ1) is 12.0. The van der Waals surface area contributed by atoms with E-state index in [0.29, 0.717) is 30.9 Å². The number of aromatic nitrogens is 3. The van der Waals surface area contributed by atoms with Crippen molar-refractivity contribution in [2.24, 2.45) is 7.05 Å². The number of anilines is 1. The van der Waals surface area contributed by atoms with Gasteiger partial charge < -0.3 is 9.80 Å². The van der Waals surface area contributed by atoms with Crippen LogP contribution in [-0.2, 0) is 7.05 Å². The van der Waals surface area contributed by atoms with Crippen LogP contribution in [0.25, 0.3) is 0 Å². The van der Waals surface area contributed by atoms with Gasteiger partial charge in [0.1, 0.15) is 17.6 Å². The van der Waals surface area contributed by atoms with E-state index in [0.717, 1.165) is 30.0 Å². The van der Waals surface area contributed by atoms with Gasteiger partial charge in [-0.15, -0.1) is 0 Å². The fourth-order valence-corrected chi connectivity index (χ4v) is 3.21. The number of nitrogens with zero attached hydrogens (tertiary/aromatic N) is 6. The zero-order valence-corrected chi connectivity index (χ0v) is 14.9. The summed E-state index contributed by atoms with van der Waals surface area (Å²) >= 11 is 0. The van der Waals surface area contributed by atoms with Crippen molar-refractivity contribution in [1.82, 2.24) is 19.7 Å². The van der Waals surface area contributed by atoms with Crippen molar-refractivity contribution in [3.8, 4) is 6.07 Å². The number of hydrogen-bond donors (Lipinski definition) is 0. The Balaban J connectivity index is 1.79. The Kier molecular flexibility index (Phi) is 4.70. The number of rotatable bonds is 2. The SMILES string of the molecule is Cc1cc(C)c(C#N)c(N2CCCN(C(=O)c3ccn(C)n3)CC2)n1. The highest BCUT2D eigenvalue weighted by Crippen LogP contribution is 2.23. The van der Waals surface area contributed by atoms with Crippen LogP contribution in [0, 0.1) is 25.2 Å². The molecular weight excluding hydrogens is 316 g/mol. The topological polar surface area (TPSA) is 78.0 Å². The molecule has 2 aromatic heterocycles. The van der Waals surface area contributed by atoms with Crippen LogP contribution in [-0.4, -0.2) is 51.8 Å². The second-order valence-electron chi connectivity index (χ2n) is 6.40. The molecule has 0 aliphatic carbocycles. The molecule has 3 heterocycles. The Morgan fingerprint density at radius 1 is 1.24 bits per heavy atom. The van der Waals surface area contributed by atoms with E-state index in [-0.39, 0.29) is 5.91 Å². The predicted molar refractivity (Wildman–Crippen MR) is 94.4 cm³/mol. The maximum Gasteiger partial charge on any atom is 0.274 e. The van der Waals surface area contributed by atoms with E-state index < -0.39 is 0 Å². The van der Waals surface area contributed by atoms with Crippen molar-refractivity contribution in [3.05, 3.63) is 40.8 Å². The summed E-state index contributed by atoms with van der Waals surface area (Å²) in [7, 11) is 1.80. The largest absolute Gasteiger partial charge is 0.354 e. The number of pyridine rings is 1. The second kappa shape index (κ2) is 6.93. The number of carbonyl (C=O) groups excluding carboxylic acids is 1. The molecule has 0 radical (unpaired) electrons. The molecule has 0 aromatic carbocycles. The van der Waals surface area contributed by atoms with E-state index >= 15 is 0 Å². The molecule has 3 rings (SSSR count). The van der Waals surface area contributed by atoms with Gasteiger partial charge >= 0.3 is 0 Å². The number of aryl methyl sites for hydroxylation is 3. The smallest absolute Gasteiger partial charge is 0.274 e. The van der Waals surface area contributed by atoms with Crippen LogP contribution in [0.1, 0.15) is 33.7 Å². The van der Waals surface area contributed by atoms with E-state index in [1.807, 2.05) is 24.8 Å². The standard InChI is InChI=1S/C18H22N6O/c1-13-11-14(2)20-17(15(13)12-19)23-6-4-7-24(10-9-23)18(25)16-5-8-22(3)21-16/h5,8,11H,4,6-7,9-10H2,1-3H3. The van der Waals surface area contributed by atoms with Crippen molar-refractivity contribution in [2.75, 3.05) is 31.1 Å². The zero-order chi connectivity index (χ0) is 18.0. The van der Waals surface area contributed by atoms with Crippen LogP contribution in [0.3, 0.4) is 0 Å². The highest BCUT2D eigenvalue weighted by atomic mass is 16.2. The summed E-state index contributed by atoms with van der Waals surface area (Å²) in [5.41, 5.74) is 2.93. The van der Waals surface area contributed by atoms with Crippen LogP contribution in [0.4, 0.5) is 5.82 Å². The molecule has 1 aliphatic heterocycles. The Morgan fingerprint density at radius 2 is 2.04 bits per heavy atom. The van der Waals surface area contributed by atoms with Gasteiger partial charge in [0, 0.05) is 45.1 Å². The first-order valence-electron chi connectivity index (χ1n) is 8.42. The van der Waals surface area contributed by atoms with Gasteiger partial charge in [-0.05, 0) is 38.0 Å². The summed E-state index contributed by atoms with van der Waals surface area (Å²) in [5, 5.41) is 13.7. The van der Waals surface area contributed by atoms with Crippen molar-refractivity contribution in [2.45, 2.75) is 20.3 Å². The van der Waals surface area contributed by atoms with Gasteiger partial charge in [0.2, 0.25) is 0 Å². The van der Waals surface area contributed by atoms with Gasteiger partial charge in [-0.2, -0.15) is 10.4 Å². The average Bonchev–Trinajstić information content (AvgIpc) is 2.86. The van der Waals surface area contributed by atoms with Crippen LogP contribution < -0.4 is 4.90 Å². The number of amides is 1. The number of carbonyl (C=O) groups is 1. The van der Waals surface area contributed by atoms with E-state index in [9.17, 15) is 10.1 Å². The maximum atomic E-state index is 12.6. The molecule has 1 amide bonds. The first-order valence-corrected chi connectivity index (χ1v) is 8.42. The molecule has 25 heavy (non-hydrogen) atoms. The lowest BCUT2D eigenvalue weighted by molar-refractivity contribution is 0.0760. The van der Waals surface area contributed by atoms with Gasteiger partial charge in [-0.3, -0.25) is 9.48 Å². The fraction of sp³-hybridized carbons (Fsp3) is 0.444. The highest BCUT2D eigenvalue weighted by Gasteiger charge is 2.24. The van der Waals surface area contributed by atoms with Crippen LogP contribution >= 0.6 is 0 Å².